The lowest BCUT2D eigenvalue weighted by Gasteiger charge is -2.31. The Bertz CT molecular complexity index is 1410. The van der Waals surface area contributed by atoms with Crippen molar-refractivity contribution in [3.63, 3.8) is 0 Å². The van der Waals surface area contributed by atoms with Gasteiger partial charge in [0.1, 0.15) is 0 Å². The molecule has 63 heavy (non-hydrogen) atoms. The molecular weight excluding hydrogens is 807 g/mol. The molecule has 0 aliphatic carbocycles. The lowest BCUT2D eigenvalue weighted by Crippen LogP contribution is -2.44. The third kappa shape index (κ3) is 21.8. The van der Waals surface area contributed by atoms with Crippen molar-refractivity contribution >= 4 is 47.3 Å². The molecule has 6 atom stereocenters. The van der Waals surface area contributed by atoms with Crippen LogP contribution in [0.25, 0.3) is 0 Å². The Kier molecular flexibility index (Phi) is 29.4. The maximum atomic E-state index is 14.3. The summed E-state index contributed by atoms with van der Waals surface area (Å²) in [6, 6.07) is 0. The van der Waals surface area contributed by atoms with Crippen molar-refractivity contribution in [2.75, 3.05) is 96.2 Å². The smallest absolute Gasteiger partial charge is 0.239 e. The first-order chi connectivity index (χ1) is 29.6. The van der Waals surface area contributed by atoms with Crippen LogP contribution >= 0.6 is 0 Å². The van der Waals surface area contributed by atoms with E-state index < -0.39 is 41.4 Å². The van der Waals surface area contributed by atoms with Crippen molar-refractivity contribution in [3.05, 3.63) is 0 Å². The van der Waals surface area contributed by atoms with Crippen molar-refractivity contribution < 1.29 is 38.4 Å². The lowest BCUT2D eigenvalue weighted by molar-refractivity contribution is -0.141. The predicted octanol–water partition coefficient (Wildman–Crippen LogP) is 2.57. The molecule has 0 aliphatic rings. The normalized spacial score (nSPS) is 14.0. The number of likely N-dealkylation sites (N-methyl/N-ethyl adjacent to an activating group) is 1. The monoisotopic (exact) mass is 894 g/mol. The summed E-state index contributed by atoms with van der Waals surface area (Å²) < 4.78 is 0. The van der Waals surface area contributed by atoms with Crippen LogP contribution in [-0.4, -0.2) is 168 Å². The molecule has 0 fully saturated rings. The first-order valence-electron chi connectivity index (χ1n) is 23.2. The van der Waals surface area contributed by atoms with Gasteiger partial charge in [0.05, 0.1) is 6.54 Å². The number of nitrogens with zero attached hydrogens (tertiary/aromatic N) is 5. The molecule has 0 aromatic carbocycles. The number of nitrogens with one attached hydrogen (secondary N) is 3. The Labute approximate surface area is 379 Å². The molecule has 0 aromatic heterocycles. The van der Waals surface area contributed by atoms with E-state index in [0.29, 0.717) is 38.5 Å². The number of rotatable bonds is 32. The number of carbonyl (C=O) groups is 8. The van der Waals surface area contributed by atoms with Crippen molar-refractivity contribution in [3.8, 4) is 0 Å². The number of carbonyl (C=O) groups excluding carboxylic acids is 8. The fourth-order valence-corrected chi connectivity index (χ4v) is 8.39. The Morgan fingerprint density at radius 2 is 0.683 bits per heavy atom. The van der Waals surface area contributed by atoms with Gasteiger partial charge >= 0.3 is 0 Å². The summed E-state index contributed by atoms with van der Waals surface area (Å²) >= 11 is 0. The minimum absolute atomic E-state index is 0.0537. The number of hydrogen-bond acceptors (Lipinski definition) is 9. The van der Waals surface area contributed by atoms with Gasteiger partial charge in [0.2, 0.25) is 47.3 Å². The molecule has 0 saturated heterocycles. The van der Waals surface area contributed by atoms with E-state index in [1.54, 1.807) is 63.4 Å². The zero-order valence-corrected chi connectivity index (χ0v) is 41.3. The van der Waals surface area contributed by atoms with Crippen molar-refractivity contribution in [1.82, 2.24) is 40.4 Å². The van der Waals surface area contributed by atoms with Crippen LogP contribution in [0.15, 0.2) is 0 Å². The molecule has 17 heteroatoms. The quantitative estimate of drug-likeness (QED) is 0.0730. The molecule has 0 heterocycles. The van der Waals surface area contributed by atoms with E-state index in [0.717, 1.165) is 12.8 Å². The highest BCUT2D eigenvalue weighted by Crippen LogP contribution is 2.31. The molecule has 0 radical (unpaired) electrons. The predicted molar refractivity (Wildman–Crippen MR) is 248 cm³/mol. The van der Waals surface area contributed by atoms with E-state index in [4.69, 9.17) is 5.73 Å². The maximum absolute atomic E-state index is 14.3. The number of hydrogen-bond donors (Lipinski definition) is 4. The van der Waals surface area contributed by atoms with Gasteiger partial charge < -0.3 is 46.2 Å². The summed E-state index contributed by atoms with van der Waals surface area (Å²) in [5, 5.41) is 8.59. The zero-order chi connectivity index (χ0) is 48.4. The summed E-state index contributed by atoms with van der Waals surface area (Å²) in [7, 11) is 14.9. The van der Waals surface area contributed by atoms with E-state index in [1.807, 2.05) is 27.7 Å². The third-order valence-corrected chi connectivity index (χ3v) is 11.6. The Morgan fingerprint density at radius 3 is 0.984 bits per heavy atom. The van der Waals surface area contributed by atoms with Crippen molar-refractivity contribution in [2.24, 2.45) is 47.2 Å². The first kappa shape index (κ1) is 58.7. The summed E-state index contributed by atoms with van der Waals surface area (Å²) in [6.45, 7) is 8.39. The fourth-order valence-electron chi connectivity index (χ4n) is 8.39. The minimum Gasteiger partial charge on any atom is -0.354 e. The second-order valence-electron chi connectivity index (χ2n) is 18.1. The number of amides is 8. The van der Waals surface area contributed by atoms with Crippen LogP contribution in [0.1, 0.15) is 111 Å². The second-order valence-corrected chi connectivity index (χ2v) is 18.1. The van der Waals surface area contributed by atoms with Crippen LogP contribution in [0, 0.1) is 41.4 Å². The molecule has 5 N–H and O–H groups in total. The largest absolute Gasteiger partial charge is 0.354 e. The minimum atomic E-state index is -0.793. The highest BCUT2D eigenvalue weighted by atomic mass is 16.2. The van der Waals surface area contributed by atoms with Crippen LogP contribution in [0.2, 0.25) is 0 Å². The van der Waals surface area contributed by atoms with E-state index in [2.05, 4.69) is 16.0 Å². The molecule has 17 nitrogen and oxygen atoms in total. The summed E-state index contributed by atoms with van der Waals surface area (Å²) in [6.07, 6.45) is 6.00. The Morgan fingerprint density at radius 1 is 0.397 bits per heavy atom. The second kappa shape index (κ2) is 31.5. The van der Waals surface area contributed by atoms with Crippen molar-refractivity contribution in [1.29, 1.82) is 0 Å². The van der Waals surface area contributed by atoms with Gasteiger partial charge in [-0.25, -0.2) is 0 Å². The summed E-state index contributed by atoms with van der Waals surface area (Å²) in [4.78, 5) is 116. The van der Waals surface area contributed by atoms with Gasteiger partial charge in [0.25, 0.3) is 0 Å². The lowest BCUT2D eigenvalue weighted by atomic mass is 9.79. The summed E-state index contributed by atoms with van der Waals surface area (Å²) in [5.41, 5.74) is 5.52. The van der Waals surface area contributed by atoms with Crippen LogP contribution in [0.3, 0.4) is 0 Å². The highest BCUT2D eigenvalue weighted by molar-refractivity contribution is 5.87. The highest BCUT2D eigenvalue weighted by Gasteiger charge is 2.36. The van der Waals surface area contributed by atoms with Gasteiger partial charge in [-0.3, -0.25) is 38.4 Å². The first-order valence-corrected chi connectivity index (χ1v) is 23.2. The summed E-state index contributed by atoms with van der Waals surface area (Å²) in [5.74, 6) is -5.89. The SMILES string of the molecule is CCCC(C[C@@H](CC(C[C@H](CCC)C(=O)N(C)C)C(=O)NCCNC(=O)C(C[C@H](CCC)C(=O)N(C)C)C[C@H](CCC)C(=O)N(C)C)C(=O)N(C)C)C(=O)N(C)CC(=O)NCCN. The molecule has 0 rings (SSSR count). The fraction of sp³-hybridized carbons (Fsp3) is 0.826. The zero-order valence-electron chi connectivity index (χ0n) is 41.3. The molecule has 2 unspecified atom stereocenters. The molecule has 0 aliphatic heterocycles. The standard InChI is InChI=1S/C46H87N9O8/c1-14-18-32(42(59)51(5)6)26-36(27-33(19-15-2)43(60)52(7)8)40(57)49-24-25-50-41(58)37(28-34(20-16-3)44(61)53(9)10)30-38(45(62)54(11)12)29-35(21-17-4)46(63)55(13)31-39(56)48-23-22-47/h32-38H,14-31,47H2,1-13H3,(H,48,56)(H,49,57)(H,50,58)/t32-,33-,34-,35?,37?,38-/m0/s1. The Balaban J connectivity index is 6.64. The number of nitrogens with two attached hydrogens (primary N) is 1. The average molecular weight is 894 g/mol. The van der Waals surface area contributed by atoms with Gasteiger partial charge in [-0.05, 0) is 57.8 Å². The molecule has 364 valence electrons. The van der Waals surface area contributed by atoms with Crippen molar-refractivity contribution in [2.45, 2.75) is 111 Å². The van der Waals surface area contributed by atoms with E-state index in [9.17, 15) is 38.4 Å². The molecule has 0 bridgehead atoms. The topological polar surface area (TPSA) is 215 Å². The van der Waals surface area contributed by atoms with Gasteiger partial charge in [-0.1, -0.05) is 53.4 Å². The van der Waals surface area contributed by atoms with E-state index in [1.165, 1.54) is 24.5 Å². The van der Waals surface area contributed by atoms with E-state index >= 15 is 0 Å². The maximum Gasteiger partial charge on any atom is 0.239 e. The molecule has 0 spiro atoms. The van der Waals surface area contributed by atoms with E-state index in [-0.39, 0.29) is 112 Å². The molecular formula is C46H87N9O8. The van der Waals surface area contributed by atoms with Crippen LogP contribution < -0.4 is 21.7 Å². The Hall–Kier alpha value is -4.28. The van der Waals surface area contributed by atoms with Gasteiger partial charge in [-0.2, -0.15) is 0 Å². The molecule has 8 amide bonds. The van der Waals surface area contributed by atoms with Crippen LogP contribution in [-0.2, 0) is 38.4 Å². The molecule has 0 aromatic rings. The van der Waals surface area contributed by atoms with Crippen LogP contribution in [0.4, 0.5) is 0 Å². The average Bonchev–Trinajstić information content (AvgIpc) is 3.23. The third-order valence-electron chi connectivity index (χ3n) is 11.6. The van der Waals surface area contributed by atoms with Gasteiger partial charge in [0, 0.05) is 131 Å². The van der Waals surface area contributed by atoms with Gasteiger partial charge in [-0.15, -0.1) is 0 Å². The van der Waals surface area contributed by atoms with Gasteiger partial charge in [0.15, 0.2) is 0 Å². The van der Waals surface area contributed by atoms with Crippen LogP contribution in [0.5, 0.6) is 0 Å². The molecule has 0 saturated carbocycles.